The van der Waals surface area contributed by atoms with Crippen LogP contribution in [0.4, 0.5) is 4.39 Å². The number of hydrogen-bond acceptors (Lipinski definition) is 1. The summed E-state index contributed by atoms with van der Waals surface area (Å²) in [5.74, 6) is 0.481. The van der Waals surface area contributed by atoms with Crippen molar-refractivity contribution in [2.75, 3.05) is 6.54 Å². The average molecular weight is 261 g/mol. The van der Waals surface area contributed by atoms with Gasteiger partial charge in [-0.2, -0.15) is 0 Å². The zero-order valence-electron chi connectivity index (χ0n) is 11.1. The Morgan fingerprint density at radius 1 is 1.05 bits per heavy atom. The van der Waals surface area contributed by atoms with Crippen molar-refractivity contribution in [3.63, 3.8) is 0 Å². The maximum atomic E-state index is 12.9. The lowest BCUT2D eigenvalue weighted by molar-refractivity contribution is 0.0390. The molecule has 1 aromatic rings. The molecule has 0 N–H and O–H groups in total. The lowest BCUT2D eigenvalue weighted by atomic mass is 9.78. The number of rotatable bonds is 1. The molecule has 1 saturated heterocycles. The number of carbonyl (C=O) groups excluding carboxylic acids is 1. The van der Waals surface area contributed by atoms with Crippen molar-refractivity contribution in [1.29, 1.82) is 0 Å². The number of halogens is 1. The van der Waals surface area contributed by atoms with Crippen LogP contribution >= 0.6 is 0 Å². The predicted octanol–water partition coefficient (Wildman–Crippen LogP) is 3.62. The zero-order valence-corrected chi connectivity index (χ0v) is 11.1. The Bertz CT molecular complexity index is 454. The summed E-state index contributed by atoms with van der Waals surface area (Å²) < 4.78 is 12.9. The zero-order chi connectivity index (χ0) is 13.2. The molecule has 19 heavy (non-hydrogen) atoms. The molecule has 1 saturated carbocycles. The SMILES string of the molecule is O=C(c1ccc(F)cc1)N1CCC[C@H]2CCCC[C@H]21. The van der Waals surface area contributed by atoms with Crippen LogP contribution in [-0.4, -0.2) is 23.4 Å². The van der Waals surface area contributed by atoms with Gasteiger partial charge in [0.1, 0.15) is 5.82 Å². The van der Waals surface area contributed by atoms with Crippen molar-refractivity contribution >= 4 is 5.91 Å². The van der Waals surface area contributed by atoms with Crippen molar-refractivity contribution in [2.24, 2.45) is 5.92 Å². The molecule has 102 valence electrons. The lowest BCUT2D eigenvalue weighted by Crippen LogP contribution is -2.49. The molecule has 1 heterocycles. The maximum Gasteiger partial charge on any atom is 0.254 e. The van der Waals surface area contributed by atoms with Crippen LogP contribution in [-0.2, 0) is 0 Å². The van der Waals surface area contributed by atoms with Gasteiger partial charge in [-0.25, -0.2) is 4.39 Å². The second-order valence-electron chi connectivity index (χ2n) is 5.76. The van der Waals surface area contributed by atoms with E-state index in [-0.39, 0.29) is 11.7 Å². The highest BCUT2D eigenvalue weighted by Gasteiger charge is 2.35. The van der Waals surface area contributed by atoms with Crippen molar-refractivity contribution in [1.82, 2.24) is 4.90 Å². The Balaban J connectivity index is 1.79. The number of piperidine rings is 1. The Kier molecular flexibility index (Phi) is 3.54. The molecular weight excluding hydrogens is 241 g/mol. The van der Waals surface area contributed by atoms with E-state index < -0.39 is 0 Å². The highest BCUT2D eigenvalue weighted by molar-refractivity contribution is 5.94. The molecule has 2 atom stereocenters. The Morgan fingerprint density at radius 3 is 2.53 bits per heavy atom. The standard InChI is InChI=1S/C16H20FNO/c17-14-9-7-13(8-10-14)16(19)18-11-3-5-12-4-1-2-6-15(12)18/h7-10,12,15H,1-6,11H2/t12-,15-/m1/s1. The van der Waals surface area contributed by atoms with Gasteiger partial charge in [-0.3, -0.25) is 4.79 Å². The van der Waals surface area contributed by atoms with Gasteiger partial charge in [0.2, 0.25) is 0 Å². The van der Waals surface area contributed by atoms with Gasteiger partial charge in [-0.15, -0.1) is 0 Å². The molecule has 3 rings (SSSR count). The Morgan fingerprint density at radius 2 is 1.74 bits per heavy atom. The van der Waals surface area contributed by atoms with E-state index in [1.54, 1.807) is 12.1 Å². The summed E-state index contributed by atoms with van der Waals surface area (Å²) in [6.45, 7) is 0.859. The number of carbonyl (C=O) groups is 1. The van der Waals surface area contributed by atoms with Crippen LogP contribution in [0.3, 0.4) is 0 Å². The fourth-order valence-electron chi connectivity index (χ4n) is 3.64. The summed E-state index contributed by atoms with van der Waals surface area (Å²) >= 11 is 0. The molecule has 2 fully saturated rings. The quantitative estimate of drug-likeness (QED) is 0.756. The fourth-order valence-corrected chi connectivity index (χ4v) is 3.64. The van der Waals surface area contributed by atoms with E-state index in [0.29, 0.717) is 17.5 Å². The van der Waals surface area contributed by atoms with Crippen LogP contribution in [0.25, 0.3) is 0 Å². The van der Waals surface area contributed by atoms with Gasteiger partial charge in [-0.05, 0) is 55.9 Å². The molecule has 0 bridgehead atoms. The van der Waals surface area contributed by atoms with Crippen molar-refractivity contribution in [3.8, 4) is 0 Å². The van der Waals surface area contributed by atoms with E-state index in [2.05, 4.69) is 0 Å². The highest BCUT2D eigenvalue weighted by atomic mass is 19.1. The van der Waals surface area contributed by atoms with E-state index in [4.69, 9.17) is 0 Å². The molecule has 3 heteroatoms. The first-order chi connectivity index (χ1) is 9.25. The van der Waals surface area contributed by atoms with Crippen LogP contribution < -0.4 is 0 Å². The molecule has 1 aliphatic carbocycles. The molecule has 2 aliphatic rings. The molecule has 1 amide bonds. The van der Waals surface area contributed by atoms with E-state index >= 15 is 0 Å². The summed E-state index contributed by atoms with van der Waals surface area (Å²) in [7, 11) is 0. The van der Waals surface area contributed by atoms with Crippen molar-refractivity contribution in [2.45, 2.75) is 44.6 Å². The summed E-state index contributed by atoms with van der Waals surface area (Å²) in [4.78, 5) is 14.6. The second kappa shape index (κ2) is 5.32. The van der Waals surface area contributed by atoms with E-state index in [9.17, 15) is 9.18 Å². The highest BCUT2D eigenvalue weighted by Crippen LogP contribution is 2.35. The third-order valence-corrected chi connectivity index (χ3v) is 4.60. The van der Waals surface area contributed by atoms with Gasteiger partial charge in [0.05, 0.1) is 0 Å². The molecule has 2 nitrogen and oxygen atoms in total. The molecule has 1 aliphatic heterocycles. The first kappa shape index (κ1) is 12.6. The van der Waals surface area contributed by atoms with Crippen molar-refractivity contribution < 1.29 is 9.18 Å². The van der Waals surface area contributed by atoms with Crippen LogP contribution in [0.15, 0.2) is 24.3 Å². The molecule has 0 aromatic heterocycles. The number of hydrogen-bond donors (Lipinski definition) is 0. The van der Waals surface area contributed by atoms with Gasteiger partial charge in [0.15, 0.2) is 0 Å². The van der Waals surface area contributed by atoms with E-state index in [1.807, 2.05) is 4.90 Å². The van der Waals surface area contributed by atoms with Crippen LogP contribution in [0.2, 0.25) is 0 Å². The fraction of sp³-hybridized carbons (Fsp3) is 0.562. The number of fused-ring (bicyclic) bond motifs is 1. The number of nitrogens with zero attached hydrogens (tertiary/aromatic N) is 1. The van der Waals surface area contributed by atoms with Gasteiger partial charge >= 0.3 is 0 Å². The Labute approximate surface area is 113 Å². The van der Waals surface area contributed by atoms with E-state index in [1.165, 1.54) is 37.8 Å². The minimum absolute atomic E-state index is 0.0802. The van der Waals surface area contributed by atoms with Gasteiger partial charge in [0.25, 0.3) is 5.91 Å². The topological polar surface area (TPSA) is 20.3 Å². The first-order valence-corrected chi connectivity index (χ1v) is 7.32. The summed E-state index contributed by atoms with van der Waals surface area (Å²) in [6, 6.07) is 6.36. The maximum absolute atomic E-state index is 12.9. The smallest absolute Gasteiger partial charge is 0.254 e. The van der Waals surface area contributed by atoms with Crippen molar-refractivity contribution in [3.05, 3.63) is 35.6 Å². The average Bonchev–Trinajstić information content (AvgIpc) is 2.47. The monoisotopic (exact) mass is 261 g/mol. The van der Waals surface area contributed by atoms with Gasteiger partial charge in [0, 0.05) is 18.2 Å². The lowest BCUT2D eigenvalue weighted by Gasteiger charge is -2.44. The number of benzene rings is 1. The number of likely N-dealkylation sites (tertiary alicyclic amines) is 1. The van der Waals surface area contributed by atoms with E-state index in [0.717, 1.165) is 19.4 Å². The third-order valence-electron chi connectivity index (χ3n) is 4.60. The molecule has 0 spiro atoms. The summed E-state index contributed by atoms with van der Waals surface area (Å²) in [5, 5.41) is 0. The second-order valence-corrected chi connectivity index (χ2v) is 5.76. The van der Waals surface area contributed by atoms with Gasteiger partial charge in [-0.1, -0.05) is 12.8 Å². The molecule has 1 aromatic carbocycles. The summed E-state index contributed by atoms with van der Waals surface area (Å²) in [6.07, 6.45) is 7.30. The molecule has 0 unspecified atom stereocenters. The normalized spacial score (nSPS) is 26.9. The van der Waals surface area contributed by atoms with Crippen LogP contribution in [0.1, 0.15) is 48.9 Å². The first-order valence-electron chi connectivity index (χ1n) is 7.32. The van der Waals surface area contributed by atoms with Gasteiger partial charge < -0.3 is 4.90 Å². The van der Waals surface area contributed by atoms with Crippen LogP contribution in [0.5, 0.6) is 0 Å². The Hall–Kier alpha value is -1.38. The minimum Gasteiger partial charge on any atom is -0.335 e. The third kappa shape index (κ3) is 2.51. The predicted molar refractivity (Wildman–Crippen MR) is 72.4 cm³/mol. The summed E-state index contributed by atoms with van der Waals surface area (Å²) in [5.41, 5.74) is 0.618. The van der Waals surface area contributed by atoms with Crippen LogP contribution in [0, 0.1) is 11.7 Å². The largest absolute Gasteiger partial charge is 0.335 e. The molecule has 0 radical (unpaired) electrons. The molecular formula is C16H20FNO. The number of amides is 1. The minimum atomic E-state index is -0.286.